The average molecular weight is 923 g/mol. The fraction of sp³-hybridized carbons (Fsp3) is 0.500. The molecule has 1 saturated heterocycles. The quantitative estimate of drug-likeness (QED) is 0.0717. The second kappa shape index (κ2) is 21.2. The third kappa shape index (κ3) is 12.5. The van der Waals surface area contributed by atoms with Crippen molar-refractivity contribution in [2.75, 3.05) is 55.3 Å². The molecule has 3 aromatic carbocycles. The molecule has 2 aliphatic heterocycles. The number of nitrogens with zero attached hydrogens (tertiary/aromatic N) is 3. The first kappa shape index (κ1) is 46.2. The summed E-state index contributed by atoms with van der Waals surface area (Å²) in [4.78, 5) is 49.7. The van der Waals surface area contributed by atoms with E-state index >= 15 is 0 Å². The lowest BCUT2D eigenvalue weighted by Crippen LogP contribution is -2.51. The molecular weight excluding hydrogens is 858 g/mol. The van der Waals surface area contributed by atoms with Crippen LogP contribution in [0, 0.1) is 32.1 Å². The lowest BCUT2D eigenvalue weighted by Gasteiger charge is -2.46. The Hall–Kier alpha value is -4.85. The molecular formula is C50H64BrN7O5. The highest BCUT2D eigenvalue weighted by molar-refractivity contribution is 9.10. The minimum Gasteiger partial charge on any atom is -0.489 e. The number of rotatable bonds is 18. The third-order valence-electron chi connectivity index (χ3n) is 12.9. The number of hydrogen-bond acceptors (Lipinski definition) is 9. The van der Waals surface area contributed by atoms with E-state index in [-0.39, 0.29) is 29.3 Å². The van der Waals surface area contributed by atoms with E-state index in [2.05, 4.69) is 91.0 Å². The number of Topliss-reactive ketones (excluding diaryl/α,β-unsaturated/α-hetero) is 1. The van der Waals surface area contributed by atoms with Crippen LogP contribution >= 0.6 is 15.9 Å². The molecule has 0 spiro atoms. The maximum Gasteiger partial charge on any atom is 0.325 e. The van der Waals surface area contributed by atoms with E-state index in [1.165, 1.54) is 42.3 Å². The summed E-state index contributed by atoms with van der Waals surface area (Å²) in [7, 11) is 0. The monoisotopic (exact) mass is 921 g/mol. The van der Waals surface area contributed by atoms with Gasteiger partial charge in [-0.3, -0.25) is 24.8 Å². The minimum absolute atomic E-state index is 0.0762. The minimum atomic E-state index is -0.447. The summed E-state index contributed by atoms with van der Waals surface area (Å²) in [5.74, 6) is 2.21. The molecule has 1 aliphatic carbocycles. The van der Waals surface area contributed by atoms with Gasteiger partial charge in [-0.15, -0.1) is 0 Å². The standard InChI is InChI=1S/C50H64BrN7O5/c1-32-14-19-43-41(23-32)39-12-10-13-40(39)47(55-43)50(4,5)31-54-48(60)36-17-15-35(16-18-36)25-37(59)11-8-6-7-9-20-58-21-22-62-38(29-58)30-63-45-24-33(2)42(51)26-44(45)56-49(61)57-46-28-52-34(3)27-53-46/h14-19,23-24,26-28,38-40,47,55H,6-13,20-22,25,29-31H2,1-5H3,(H,54,60)(H2,53,56,57,61)/t38-,39?,40?,47?/m0/s1. The summed E-state index contributed by atoms with van der Waals surface area (Å²) >= 11 is 3.56. The van der Waals surface area contributed by atoms with Crippen LogP contribution in [0.15, 0.2) is 71.5 Å². The van der Waals surface area contributed by atoms with E-state index in [9.17, 15) is 14.4 Å². The van der Waals surface area contributed by atoms with Gasteiger partial charge in [-0.05, 0) is 112 Å². The van der Waals surface area contributed by atoms with Crippen molar-refractivity contribution >= 4 is 50.8 Å². The van der Waals surface area contributed by atoms with Crippen molar-refractivity contribution in [3.8, 4) is 5.75 Å². The molecule has 4 N–H and O–H groups in total. The van der Waals surface area contributed by atoms with E-state index in [1.54, 1.807) is 6.20 Å². The average Bonchev–Trinajstić information content (AvgIpc) is 3.76. The number of fused-ring (bicyclic) bond motifs is 3. The summed E-state index contributed by atoms with van der Waals surface area (Å²) in [6.45, 7) is 14.7. The molecule has 3 amide bonds. The van der Waals surface area contributed by atoms with Crippen LogP contribution in [0.5, 0.6) is 5.75 Å². The van der Waals surface area contributed by atoms with E-state index in [1.807, 2.05) is 50.2 Å². The molecule has 0 bridgehead atoms. The molecule has 3 aliphatic rings. The van der Waals surface area contributed by atoms with Crippen LogP contribution in [-0.2, 0) is 16.0 Å². The van der Waals surface area contributed by atoms with Crippen molar-refractivity contribution in [3.05, 3.63) is 105 Å². The summed E-state index contributed by atoms with van der Waals surface area (Å²) in [6.07, 6.45) is 11.6. The van der Waals surface area contributed by atoms with Gasteiger partial charge in [0.05, 0.1) is 30.4 Å². The Balaban J connectivity index is 0.776. The zero-order valence-corrected chi connectivity index (χ0v) is 39.1. The number of unbranched alkanes of at least 4 members (excludes halogenated alkanes) is 3. The fourth-order valence-electron chi connectivity index (χ4n) is 9.43. The van der Waals surface area contributed by atoms with Crippen LogP contribution < -0.4 is 26.0 Å². The lowest BCUT2D eigenvalue weighted by atomic mass is 9.69. The number of morpholine rings is 1. The van der Waals surface area contributed by atoms with E-state index in [0.29, 0.717) is 67.3 Å². The zero-order valence-electron chi connectivity index (χ0n) is 37.5. The number of hydrogen-bond donors (Lipinski definition) is 4. The number of ketones is 1. The molecule has 1 aromatic heterocycles. The van der Waals surface area contributed by atoms with Gasteiger partial charge in [0.25, 0.3) is 5.91 Å². The highest BCUT2D eigenvalue weighted by Crippen LogP contribution is 2.51. The molecule has 12 nitrogen and oxygen atoms in total. The Morgan fingerprint density at radius 2 is 1.76 bits per heavy atom. The molecule has 13 heteroatoms. The number of nitrogens with one attached hydrogen (secondary N) is 4. The molecule has 2 fully saturated rings. The van der Waals surface area contributed by atoms with Crippen LogP contribution in [-0.4, -0.2) is 84.1 Å². The molecule has 4 atom stereocenters. The number of carbonyl (C=O) groups is 3. The number of carbonyl (C=O) groups excluding carboxylic acids is 3. The maximum atomic E-state index is 13.3. The number of benzene rings is 3. The van der Waals surface area contributed by atoms with Crippen molar-refractivity contribution in [1.29, 1.82) is 0 Å². The molecule has 0 radical (unpaired) electrons. The number of ether oxygens (including phenoxy) is 2. The predicted molar refractivity (Wildman–Crippen MR) is 253 cm³/mol. The molecule has 1 saturated carbocycles. The van der Waals surface area contributed by atoms with Gasteiger partial charge in [-0.1, -0.05) is 78.9 Å². The Labute approximate surface area is 381 Å². The number of amides is 3. The summed E-state index contributed by atoms with van der Waals surface area (Å²) in [5.41, 5.74) is 7.72. The highest BCUT2D eigenvalue weighted by atomic mass is 79.9. The number of anilines is 3. The molecule has 3 heterocycles. The van der Waals surface area contributed by atoms with Gasteiger partial charge in [0.2, 0.25) is 0 Å². The van der Waals surface area contributed by atoms with Crippen molar-refractivity contribution < 1.29 is 23.9 Å². The van der Waals surface area contributed by atoms with Crippen LogP contribution in [0.4, 0.5) is 22.0 Å². The van der Waals surface area contributed by atoms with Gasteiger partial charge in [-0.2, -0.15) is 0 Å². The Kier molecular flexibility index (Phi) is 15.5. The van der Waals surface area contributed by atoms with Gasteiger partial charge in [0.1, 0.15) is 24.2 Å². The first-order chi connectivity index (χ1) is 30.3. The van der Waals surface area contributed by atoms with Gasteiger partial charge >= 0.3 is 6.03 Å². The second-order valence-corrected chi connectivity index (χ2v) is 19.3. The molecule has 7 rings (SSSR count). The van der Waals surface area contributed by atoms with Crippen molar-refractivity contribution in [2.45, 2.75) is 110 Å². The van der Waals surface area contributed by atoms with Crippen molar-refractivity contribution in [2.24, 2.45) is 11.3 Å². The Bertz CT molecular complexity index is 2220. The van der Waals surface area contributed by atoms with Crippen LogP contribution in [0.3, 0.4) is 0 Å². The Morgan fingerprint density at radius 3 is 2.56 bits per heavy atom. The summed E-state index contributed by atoms with van der Waals surface area (Å²) in [6, 6.07) is 17.9. The molecule has 63 heavy (non-hydrogen) atoms. The lowest BCUT2D eigenvalue weighted by molar-refractivity contribution is -0.118. The maximum absolute atomic E-state index is 13.3. The SMILES string of the molecule is Cc1ccc2c(c1)C1CCCC1C(C(C)(C)CNC(=O)c1ccc(CC(=O)CCCCCCN3CCO[C@H](COc4cc(C)c(Br)cc4NC(=O)Nc4cnc(C)cn4)C3)cc1)N2. The fourth-order valence-corrected chi connectivity index (χ4v) is 9.77. The van der Waals surface area contributed by atoms with Gasteiger partial charge in [-0.25, -0.2) is 9.78 Å². The van der Waals surface area contributed by atoms with Crippen molar-refractivity contribution in [3.63, 3.8) is 0 Å². The van der Waals surface area contributed by atoms with Crippen LogP contribution in [0.25, 0.3) is 0 Å². The van der Waals surface area contributed by atoms with Crippen molar-refractivity contribution in [1.82, 2.24) is 20.2 Å². The first-order valence-corrected chi connectivity index (χ1v) is 23.5. The van der Waals surface area contributed by atoms with Gasteiger partial charge in [0.15, 0.2) is 5.82 Å². The van der Waals surface area contributed by atoms with Crippen LogP contribution in [0.1, 0.15) is 109 Å². The largest absolute Gasteiger partial charge is 0.489 e. The van der Waals surface area contributed by atoms with E-state index in [0.717, 1.165) is 66.6 Å². The summed E-state index contributed by atoms with van der Waals surface area (Å²) in [5, 5.41) is 12.7. The van der Waals surface area contributed by atoms with Gasteiger partial charge in [0, 0.05) is 59.7 Å². The number of aryl methyl sites for hydroxylation is 3. The topological polar surface area (TPSA) is 147 Å². The summed E-state index contributed by atoms with van der Waals surface area (Å²) < 4.78 is 13.1. The predicted octanol–water partition coefficient (Wildman–Crippen LogP) is 9.78. The highest BCUT2D eigenvalue weighted by Gasteiger charge is 2.46. The zero-order chi connectivity index (χ0) is 44.5. The number of halogens is 1. The Morgan fingerprint density at radius 1 is 0.952 bits per heavy atom. The second-order valence-electron chi connectivity index (χ2n) is 18.5. The first-order valence-electron chi connectivity index (χ1n) is 22.7. The smallest absolute Gasteiger partial charge is 0.325 e. The molecule has 3 unspecified atom stereocenters. The van der Waals surface area contributed by atoms with E-state index < -0.39 is 6.03 Å². The number of urea groups is 1. The van der Waals surface area contributed by atoms with Crippen LogP contribution in [0.2, 0.25) is 0 Å². The number of aromatic nitrogens is 2. The van der Waals surface area contributed by atoms with Gasteiger partial charge < -0.3 is 25.4 Å². The third-order valence-corrected chi connectivity index (χ3v) is 13.8. The molecule has 336 valence electrons. The van der Waals surface area contributed by atoms with E-state index in [4.69, 9.17) is 9.47 Å². The molecule has 4 aromatic rings. The normalized spacial score (nSPS) is 19.7.